The molecule has 0 fully saturated rings. The lowest BCUT2D eigenvalue weighted by molar-refractivity contribution is -0.136. The number of carbonyl (C=O) groups is 1. The van der Waals surface area contributed by atoms with Crippen LogP contribution >= 0.6 is 12.6 Å². The molecule has 0 radical (unpaired) electrons. The minimum absolute atomic E-state index is 0.0519. The third-order valence-corrected chi connectivity index (χ3v) is 4.64. The van der Waals surface area contributed by atoms with Gasteiger partial charge in [0, 0.05) is 11.3 Å². The van der Waals surface area contributed by atoms with Crippen LogP contribution in [-0.2, 0) is 10.2 Å². The van der Waals surface area contributed by atoms with Crippen LogP contribution in [0, 0.1) is 0 Å². The molecule has 0 aliphatic rings. The number of para-hydroxylation sites is 1. The second-order valence-corrected chi connectivity index (χ2v) is 7.64. The van der Waals surface area contributed by atoms with Gasteiger partial charge in [-0.3, -0.25) is 9.36 Å². The molecule has 1 atom stereocenters. The van der Waals surface area contributed by atoms with Crippen molar-refractivity contribution in [3.8, 4) is 17.1 Å². The smallest absolute Gasteiger partial charge is 0.324 e. The summed E-state index contributed by atoms with van der Waals surface area (Å²) in [6.45, 7) is 6.47. The Bertz CT molecular complexity index is 912. The molecule has 26 heavy (non-hydrogen) atoms. The summed E-state index contributed by atoms with van der Waals surface area (Å²) in [5.74, 6) is -0.193. The van der Waals surface area contributed by atoms with Gasteiger partial charge in [0.25, 0.3) is 0 Å². The largest absolute Gasteiger partial charge is 0.480 e. The van der Waals surface area contributed by atoms with Gasteiger partial charge in [0.2, 0.25) is 0 Å². The van der Waals surface area contributed by atoms with E-state index in [0.29, 0.717) is 5.82 Å². The van der Waals surface area contributed by atoms with Gasteiger partial charge in [0.05, 0.1) is 0 Å². The topological polar surface area (TPSA) is 68.0 Å². The highest BCUT2D eigenvalue weighted by molar-refractivity contribution is 7.81. The highest BCUT2D eigenvalue weighted by Crippen LogP contribution is 2.30. The Kier molecular flexibility index (Phi) is 4.87. The maximum absolute atomic E-state index is 11.4. The number of hydrogen-bond donors (Lipinski definition) is 2. The first-order chi connectivity index (χ1) is 12.3. The highest BCUT2D eigenvalue weighted by atomic mass is 32.1. The minimum atomic E-state index is -1.06. The van der Waals surface area contributed by atoms with Crippen LogP contribution in [0.15, 0.2) is 54.6 Å². The molecule has 0 saturated carbocycles. The summed E-state index contributed by atoms with van der Waals surface area (Å²) < 4.78 is 1.75. The Hall–Kier alpha value is -2.60. The Morgan fingerprint density at radius 2 is 1.65 bits per heavy atom. The van der Waals surface area contributed by atoms with Gasteiger partial charge < -0.3 is 5.11 Å². The van der Waals surface area contributed by atoms with Gasteiger partial charge in [-0.25, -0.2) is 0 Å². The number of rotatable bonds is 4. The van der Waals surface area contributed by atoms with E-state index in [1.54, 1.807) is 4.57 Å². The Morgan fingerprint density at radius 1 is 1.04 bits per heavy atom. The van der Waals surface area contributed by atoms with Crippen LogP contribution in [0.4, 0.5) is 0 Å². The number of carboxylic acids is 1. The average Bonchev–Trinajstić information content (AvgIpc) is 3.06. The summed E-state index contributed by atoms with van der Waals surface area (Å²) in [6, 6.07) is 17.6. The Morgan fingerprint density at radius 3 is 2.19 bits per heavy atom. The third-order valence-electron chi connectivity index (χ3n) is 4.19. The van der Waals surface area contributed by atoms with Gasteiger partial charge in [0.15, 0.2) is 16.9 Å². The molecule has 1 aromatic heterocycles. The first kappa shape index (κ1) is 18.2. The number of carboxylic acid groups (broad SMARTS) is 1. The van der Waals surface area contributed by atoms with Crippen molar-refractivity contribution < 1.29 is 9.90 Å². The van der Waals surface area contributed by atoms with Crippen molar-refractivity contribution in [1.82, 2.24) is 14.8 Å². The number of nitrogens with zero attached hydrogens (tertiary/aromatic N) is 3. The summed E-state index contributed by atoms with van der Waals surface area (Å²) in [5.41, 5.74) is 2.93. The summed E-state index contributed by atoms with van der Waals surface area (Å²) >= 11 is 4.19. The molecule has 0 saturated heterocycles. The fourth-order valence-electron chi connectivity index (χ4n) is 2.72. The number of aliphatic carboxylic acids is 1. The Labute approximate surface area is 158 Å². The molecule has 1 unspecified atom stereocenters. The lowest BCUT2D eigenvalue weighted by atomic mass is 9.86. The van der Waals surface area contributed by atoms with E-state index in [-0.39, 0.29) is 11.2 Å². The van der Waals surface area contributed by atoms with Crippen LogP contribution in [0.25, 0.3) is 17.1 Å². The summed E-state index contributed by atoms with van der Waals surface area (Å²) in [6.07, 6.45) is 0. The van der Waals surface area contributed by atoms with E-state index in [0.717, 1.165) is 11.3 Å². The summed E-state index contributed by atoms with van der Waals surface area (Å²) in [5, 5.41) is 16.7. The maximum Gasteiger partial charge on any atom is 0.324 e. The van der Waals surface area contributed by atoms with E-state index in [4.69, 9.17) is 0 Å². The molecule has 3 aromatic rings. The molecule has 0 spiro atoms. The third kappa shape index (κ3) is 3.51. The SMILES string of the molecule is CC(C)(C)c1ccc(-c2nnc(C(S)C(=O)O)n2-c2ccccc2)cc1. The number of aromatic nitrogens is 3. The highest BCUT2D eigenvalue weighted by Gasteiger charge is 2.25. The minimum Gasteiger partial charge on any atom is -0.480 e. The van der Waals surface area contributed by atoms with Crippen molar-refractivity contribution >= 4 is 18.6 Å². The number of thiol groups is 1. The zero-order valence-corrected chi connectivity index (χ0v) is 15.8. The van der Waals surface area contributed by atoms with Gasteiger partial charge in [-0.2, -0.15) is 12.6 Å². The van der Waals surface area contributed by atoms with E-state index < -0.39 is 11.2 Å². The van der Waals surface area contributed by atoms with Gasteiger partial charge in [-0.05, 0) is 23.1 Å². The van der Waals surface area contributed by atoms with Crippen LogP contribution in [-0.4, -0.2) is 25.8 Å². The number of hydrogen-bond acceptors (Lipinski definition) is 4. The van der Waals surface area contributed by atoms with E-state index in [9.17, 15) is 9.90 Å². The number of benzene rings is 2. The van der Waals surface area contributed by atoms with Gasteiger partial charge in [-0.15, -0.1) is 10.2 Å². The quantitative estimate of drug-likeness (QED) is 0.675. The molecule has 3 rings (SSSR count). The van der Waals surface area contributed by atoms with Crippen LogP contribution < -0.4 is 0 Å². The fourth-order valence-corrected chi connectivity index (χ4v) is 2.89. The lowest BCUT2D eigenvalue weighted by Crippen LogP contribution is -2.12. The molecule has 0 amide bonds. The lowest BCUT2D eigenvalue weighted by Gasteiger charge is -2.19. The van der Waals surface area contributed by atoms with Crippen LogP contribution in [0.1, 0.15) is 37.4 Å². The van der Waals surface area contributed by atoms with Crippen LogP contribution in [0.2, 0.25) is 0 Å². The summed E-state index contributed by atoms with van der Waals surface area (Å²) in [7, 11) is 0. The predicted molar refractivity (Wildman–Crippen MR) is 105 cm³/mol. The maximum atomic E-state index is 11.4. The van der Waals surface area contributed by atoms with Crippen molar-refractivity contribution in [3.63, 3.8) is 0 Å². The Balaban J connectivity index is 2.15. The molecule has 1 heterocycles. The van der Waals surface area contributed by atoms with E-state index in [1.165, 1.54) is 5.56 Å². The molecule has 0 bridgehead atoms. The zero-order chi connectivity index (χ0) is 18.9. The predicted octanol–water partition coefficient (Wildman–Crippen LogP) is 4.29. The van der Waals surface area contributed by atoms with Gasteiger partial charge in [0.1, 0.15) is 0 Å². The van der Waals surface area contributed by atoms with Gasteiger partial charge in [-0.1, -0.05) is 63.2 Å². The second kappa shape index (κ2) is 6.96. The average molecular weight is 367 g/mol. The molecule has 5 nitrogen and oxygen atoms in total. The first-order valence-corrected chi connectivity index (χ1v) is 8.83. The zero-order valence-electron chi connectivity index (χ0n) is 14.9. The standard InChI is InChI=1S/C20H21N3O2S/c1-20(2,3)14-11-9-13(10-12-14)17-21-22-18(16(26)19(24)25)23(17)15-7-5-4-6-8-15/h4-12,16,26H,1-3H3,(H,24,25). The molecule has 1 N–H and O–H groups in total. The van der Waals surface area contributed by atoms with Crippen molar-refractivity contribution in [2.45, 2.75) is 31.4 Å². The molecule has 2 aromatic carbocycles. The normalized spacial score (nSPS) is 12.8. The van der Waals surface area contributed by atoms with E-state index in [2.05, 4.69) is 55.7 Å². The second-order valence-electron chi connectivity index (χ2n) is 7.12. The van der Waals surface area contributed by atoms with Crippen LogP contribution in [0.3, 0.4) is 0 Å². The fraction of sp³-hybridized carbons (Fsp3) is 0.250. The van der Waals surface area contributed by atoms with Gasteiger partial charge >= 0.3 is 5.97 Å². The van der Waals surface area contributed by atoms with E-state index >= 15 is 0 Å². The molecule has 6 heteroatoms. The van der Waals surface area contributed by atoms with E-state index in [1.807, 2.05) is 42.5 Å². The van der Waals surface area contributed by atoms with Crippen molar-refractivity contribution in [2.75, 3.05) is 0 Å². The molecular formula is C20H21N3O2S. The molecule has 0 aliphatic heterocycles. The molecular weight excluding hydrogens is 346 g/mol. The van der Waals surface area contributed by atoms with Crippen LogP contribution in [0.5, 0.6) is 0 Å². The van der Waals surface area contributed by atoms with Crippen molar-refractivity contribution in [1.29, 1.82) is 0 Å². The monoisotopic (exact) mass is 367 g/mol. The molecule has 134 valence electrons. The van der Waals surface area contributed by atoms with Crippen molar-refractivity contribution in [3.05, 3.63) is 66.0 Å². The molecule has 0 aliphatic carbocycles. The first-order valence-electron chi connectivity index (χ1n) is 8.31. The summed E-state index contributed by atoms with van der Waals surface area (Å²) in [4.78, 5) is 11.4. The van der Waals surface area contributed by atoms with Crippen molar-refractivity contribution in [2.24, 2.45) is 0 Å².